The van der Waals surface area contributed by atoms with Gasteiger partial charge in [-0.3, -0.25) is 9.79 Å². The summed E-state index contributed by atoms with van der Waals surface area (Å²) in [6.45, 7) is 3.34. The lowest BCUT2D eigenvalue weighted by molar-refractivity contribution is -0.143. The van der Waals surface area contributed by atoms with Gasteiger partial charge < -0.3 is 9.47 Å². The Hall–Kier alpha value is -2.83. The van der Waals surface area contributed by atoms with Crippen LogP contribution in [0.4, 0.5) is 5.69 Å². The van der Waals surface area contributed by atoms with E-state index < -0.39 is 23.8 Å². The molecule has 0 fully saturated rings. The summed E-state index contributed by atoms with van der Waals surface area (Å²) in [7, 11) is 2.52. The third-order valence-corrected chi connectivity index (χ3v) is 4.06. The zero-order valence-electron chi connectivity index (χ0n) is 13.9. The van der Waals surface area contributed by atoms with Crippen LogP contribution in [-0.2, 0) is 19.1 Å². The highest BCUT2D eigenvalue weighted by atomic mass is 16.5. The molecule has 0 amide bonds. The molecule has 1 aliphatic rings. The summed E-state index contributed by atoms with van der Waals surface area (Å²) in [5.41, 5.74) is 1.76. The van der Waals surface area contributed by atoms with Crippen LogP contribution in [0.3, 0.4) is 0 Å². The topological polar surface area (TPSA) is 94.4 Å². The summed E-state index contributed by atoms with van der Waals surface area (Å²) >= 11 is 0. The Labute approximate surface area is 139 Å². The maximum absolute atomic E-state index is 12.3. The van der Waals surface area contributed by atoms with Gasteiger partial charge in [0, 0.05) is 17.3 Å². The molecule has 126 valence electrons. The number of methoxy groups -OCH3 is 2. The molecule has 7 heteroatoms. The van der Waals surface area contributed by atoms with Crippen LogP contribution in [0.1, 0.15) is 25.3 Å². The van der Waals surface area contributed by atoms with Crippen molar-refractivity contribution in [1.82, 2.24) is 0 Å². The van der Waals surface area contributed by atoms with Gasteiger partial charge in [-0.05, 0) is 30.7 Å². The molecule has 0 spiro atoms. The number of hydrogen-bond donors (Lipinski definition) is 0. The Morgan fingerprint density at radius 1 is 1.12 bits per heavy atom. The van der Waals surface area contributed by atoms with Crippen LogP contribution in [0.5, 0.6) is 0 Å². The largest absolute Gasteiger partial charge is 0.468 e. The molecule has 0 radical (unpaired) electrons. The molecule has 0 aromatic heterocycles. The van der Waals surface area contributed by atoms with Crippen molar-refractivity contribution in [3.63, 3.8) is 0 Å². The highest BCUT2D eigenvalue weighted by Gasteiger charge is 2.43. The van der Waals surface area contributed by atoms with Gasteiger partial charge in [0.05, 0.1) is 19.8 Å². The molecule has 2 rings (SSSR count). The molecule has 1 aromatic rings. The van der Waals surface area contributed by atoms with Crippen LogP contribution in [-0.4, -0.2) is 31.9 Å². The van der Waals surface area contributed by atoms with Crippen molar-refractivity contribution in [2.45, 2.75) is 19.8 Å². The van der Waals surface area contributed by atoms with Crippen molar-refractivity contribution >= 4 is 23.3 Å². The van der Waals surface area contributed by atoms with E-state index in [2.05, 4.69) is 10.2 Å². The van der Waals surface area contributed by atoms with E-state index in [9.17, 15) is 14.5 Å². The van der Waals surface area contributed by atoms with Gasteiger partial charge in [-0.15, -0.1) is 4.91 Å². The van der Waals surface area contributed by atoms with E-state index in [1.165, 1.54) is 20.3 Å². The molecule has 7 nitrogen and oxygen atoms in total. The highest BCUT2D eigenvalue weighted by Crippen LogP contribution is 2.43. The fourth-order valence-corrected chi connectivity index (χ4v) is 3.01. The minimum Gasteiger partial charge on any atom is -0.468 e. The maximum atomic E-state index is 12.3. The van der Waals surface area contributed by atoms with Gasteiger partial charge in [0.15, 0.2) is 0 Å². The number of ether oxygens (including phenoxy) is 2. The van der Waals surface area contributed by atoms with Gasteiger partial charge in [-0.2, -0.15) is 0 Å². The third-order valence-electron chi connectivity index (χ3n) is 4.06. The molecule has 0 saturated carbocycles. The second kappa shape index (κ2) is 7.16. The van der Waals surface area contributed by atoms with Crippen molar-refractivity contribution in [1.29, 1.82) is 0 Å². The van der Waals surface area contributed by atoms with Crippen molar-refractivity contribution < 1.29 is 19.1 Å². The Kier molecular flexibility index (Phi) is 5.23. The molecule has 2 atom stereocenters. The van der Waals surface area contributed by atoms with Crippen LogP contribution >= 0.6 is 0 Å². The van der Waals surface area contributed by atoms with Crippen LogP contribution in [0, 0.1) is 10.8 Å². The SMILES string of the molecule is COC(=O)C1=C(C)N=C(C)C(C(=O)OC)C1c1ccccc1N=O. The maximum Gasteiger partial charge on any atom is 0.336 e. The predicted molar refractivity (Wildman–Crippen MR) is 88.0 cm³/mol. The van der Waals surface area contributed by atoms with Crippen LogP contribution in [0.25, 0.3) is 0 Å². The average Bonchev–Trinajstić information content (AvgIpc) is 2.59. The van der Waals surface area contributed by atoms with E-state index in [-0.39, 0.29) is 11.3 Å². The average molecular weight is 330 g/mol. The lowest BCUT2D eigenvalue weighted by Gasteiger charge is -2.31. The van der Waals surface area contributed by atoms with Crippen molar-refractivity contribution in [3.05, 3.63) is 46.0 Å². The summed E-state index contributed by atoms with van der Waals surface area (Å²) in [6.07, 6.45) is 0. The lowest BCUT2D eigenvalue weighted by Crippen LogP contribution is -2.36. The van der Waals surface area contributed by atoms with E-state index >= 15 is 0 Å². The van der Waals surface area contributed by atoms with Crippen LogP contribution < -0.4 is 0 Å². The molecular weight excluding hydrogens is 312 g/mol. The first kappa shape index (κ1) is 17.5. The van der Waals surface area contributed by atoms with Gasteiger partial charge in [0.1, 0.15) is 11.6 Å². The molecule has 0 aliphatic carbocycles. The Bertz CT molecular complexity index is 751. The number of carbonyl (C=O) groups is 2. The summed E-state index contributed by atoms with van der Waals surface area (Å²) in [5, 5.41) is 3.02. The molecule has 2 unspecified atom stereocenters. The fourth-order valence-electron chi connectivity index (χ4n) is 3.01. The van der Waals surface area contributed by atoms with E-state index in [0.29, 0.717) is 17.0 Å². The normalized spacial score (nSPS) is 20.2. The van der Waals surface area contributed by atoms with Crippen molar-refractivity contribution in [2.24, 2.45) is 16.1 Å². The number of benzene rings is 1. The number of rotatable bonds is 4. The molecular formula is C17H18N2O5. The molecule has 1 aliphatic heterocycles. The quantitative estimate of drug-likeness (QED) is 0.625. The zero-order chi connectivity index (χ0) is 17.9. The minimum absolute atomic E-state index is 0.153. The predicted octanol–water partition coefficient (Wildman–Crippen LogP) is 2.88. The molecule has 24 heavy (non-hydrogen) atoms. The second-order valence-electron chi connectivity index (χ2n) is 5.37. The van der Waals surface area contributed by atoms with Gasteiger partial charge >= 0.3 is 11.9 Å². The molecule has 1 heterocycles. The Morgan fingerprint density at radius 2 is 1.79 bits per heavy atom. The smallest absolute Gasteiger partial charge is 0.336 e. The first-order chi connectivity index (χ1) is 11.5. The van der Waals surface area contributed by atoms with E-state index in [4.69, 9.17) is 9.47 Å². The summed E-state index contributed by atoms with van der Waals surface area (Å²) < 4.78 is 9.73. The summed E-state index contributed by atoms with van der Waals surface area (Å²) in [5.74, 6) is -2.74. The van der Waals surface area contributed by atoms with E-state index in [1.807, 2.05) is 0 Å². The van der Waals surface area contributed by atoms with Crippen molar-refractivity contribution in [2.75, 3.05) is 14.2 Å². The first-order valence-electron chi connectivity index (χ1n) is 7.30. The standard InChI is InChI=1S/C17H18N2O5/c1-9-13(16(20)23-3)15(11-7-5-6-8-12(11)19-22)14(10(2)18-9)17(21)24-4/h5-8,13,15H,1-4H3. The monoisotopic (exact) mass is 330 g/mol. The van der Waals surface area contributed by atoms with Gasteiger partial charge in [0.25, 0.3) is 0 Å². The van der Waals surface area contributed by atoms with Crippen LogP contribution in [0.15, 0.2) is 45.7 Å². The molecule has 0 bridgehead atoms. The number of hydrogen-bond acceptors (Lipinski definition) is 7. The van der Waals surface area contributed by atoms with Gasteiger partial charge in [0.2, 0.25) is 0 Å². The minimum atomic E-state index is -0.837. The van der Waals surface area contributed by atoms with Crippen LogP contribution in [0.2, 0.25) is 0 Å². The molecule has 0 N–H and O–H groups in total. The van der Waals surface area contributed by atoms with E-state index in [0.717, 1.165) is 0 Å². The fraction of sp³-hybridized carbons (Fsp3) is 0.353. The number of esters is 2. The first-order valence-corrected chi connectivity index (χ1v) is 7.30. The number of nitrogens with zero attached hydrogens (tertiary/aromatic N) is 2. The van der Waals surface area contributed by atoms with Crippen molar-refractivity contribution in [3.8, 4) is 0 Å². The Morgan fingerprint density at radius 3 is 2.38 bits per heavy atom. The lowest BCUT2D eigenvalue weighted by atomic mass is 9.75. The number of nitroso groups, excluding NO2 is 1. The second-order valence-corrected chi connectivity index (χ2v) is 5.37. The Balaban J connectivity index is 2.75. The van der Waals surface area contributed by atoms with Gasteiger partial charge in [-0.25, -0.2) is 4.79 Å². The number of aliphatic imine (C=N–C) groups is 1. The number of allylic oxidation sites excluding steroid dienone is 1. The summed E-state index contributed by atoms with van der Waals surface area (Å²) in [6, 6.07) is 6.56. The van der Waals surface area contributed by atoms with Gasteiger partial charge in [-0.1, -0.05) is 18.2 Å². The summed E-state index contributed by atoms with van der Waals surface area (Å²) in [4.78, 5) is 40.1. The molecule has 0 saturated heterocycles. The highest BCUT2D eigenvalue weighted by molar-refractivity contribution is 6.07. The number of carbonyl (C=O) groups excluding carboxylic acids is 2. The van der Waals surface area contributed by atoms with E-state index in [1.54, 1.807) is 32.0 Å². The zero-order valence-corrected chi connectivity index (χ0v) is 13.9. The third kappa shape index (κ3) is 2.97. The molecule has 1 aromatic carbocycles.